The minimum atomic E-state index is 0.593. The van der Waals surface area contributed by atoms with Crippen molar-refractivity contribution in [3.8, 4) is 17.2 Å². The van der Waals surface area contributed by atoms with E-state index in [4.69, 9.17) is 14.4 Å². The molecule has 0 fully saturated rings. The van der Waals surface area contributed by atoms with Gasteiger partial charge in [0.15, 0.2) is 0 Å². The molecule has 214 valence electrons. The fraction of sp³-hybridized carbons (Fsp3) is 0. The van der Waals surface area contributed by atoms with E-state index in [1.54, 1.807) is 11.3 Å². The molecule has 0 aliphatic rings. The Morgan fingerprint density at radius 2 is 1.09 bits per heavy atom. The van der Waals surface area contributed by atoms with Crippen LogP contribution in [0.2, 0.25) is 0 Å². The third-order valence-corrected chi connectivity index (χ3v) is 11.5. The first-order valence-corrected chi connectivity index (χ1v) is 16.9. The van der Waals surface area contributed by atoms with Crippen molar-refractivity contribution in [1.82, 2.24) is 14.5 Å². The van der Waals surface area contributed by atoms with Gasteiger partial charge in [0, 0.05) is 62.1 Å². The number of rotatable bonds is 2. The van der Waals surface area contributed by atoms with Crippen molar-refractivity contribution in [2.45, 2.75) is 0 Å². The Kier molecular flexibility index (Phi) is 4.84. The molecule has 11 aromatic rings. The lowest BCUT2D eigenvalue weighted by molar-refractivity contribution is 0.655. The molecule has 4 nitrogen and oxygen atoms in total. The van der Waals surface area contributed by atoms with E-state index in [1.807, 2.05) is 11.3 Å². The summed E-state index contributed by atoms with van der Waals surface area (Å²) in [5.41, 5.74) is 5.50. The molecule has 0 aliphatic heterocycles. The van der Waals surface area contributed by atoms with Gasteiger partial charge in [-0.3, -0.25) is 4.57 Å². The van der Waals surface area contributed by atoms with Crippen LogP contribution in [0.3, 0.4) is 0 Å². The molecule has 0 N–H and O–H groups in total. The third-order valence-electron chi connectivity index (χ3n) is 9.26. The maximum Gasteiger partial charge on any atom is 0.238 e. The van der Waals surface area contributed by atoms with E-state index in [0.717, 1.165) is 44.0 Å². The average molecular weight is 624 g/mol. The lowest BCUT2D eigenvalue weighted by Crippen LogP contribution is -2.02. The Morgan fingerprint density at radius 3 is 1.87 bits per heavy atom. The van der Waals surface area contributed by atoms with Gasteiger partial charge in [0.25, 0.3) is 0 Å². The Labute approximate surface area is 269 Å². The molecule has 0 radical (unpaired) electrons. The molecule has 0 aliphatic carbocycles. The highest BCUT2D eigenvalue weighted by molar-refractivity contribution is 7.26. The number of furan rings is 1. The van der Waals surface area contributed by atoms with Gasteiger partial charge in [0.05, 0.1) is 22.1 Å². The monoisotopic (exact) mass is 623 g/mol. The van der Waals surface area contributed by atoms with Gasteiger partial charge < -0.3 is 4.42 Å². The summed E-state index contributed by atoms with van der Waals surface area (Å²) in [6, 6.07) is 45.3. The summed E-state index contributed by atoms with van der Waals surface area (Å²) in [7, 11) is 0. The number of nitrogens with zero attached hydrogens (tertiary/aromatic N) is 3. The second-order valence-electron chi connectivity index (χ2n) is 11.7. The van der Waals surface area contributed by atoms with Crippen molar-refractivity contribution in [1.29, 1.82) is 0 Å². The van der Waals surface area contributed by atoms with Crippen molar-refractivity contribution in [2.75, 3.05) is 0 Å². The van der Waals surface area contributed by atoms with Crippen molar-refractivity contribution in [3.05, 3.63) is 127 Å². The molecule has 11 rings (SSSR count). The van der Waals surface area contributed by atoms with E-state index in [1.165, 1.54) is 45.7 Å². The van der Waals surface area contributed by atoms with Crippen LogP contribution < -0.4 is 0 Å². The smallest absolute Gasteiger partial charge is 0.238 e. The average Bonchev–Trinajstić information content (AvgIpc) is 3.86. The van der Waals surface area contributed by atoms with Gasteiger partial charge in [-0.15, -0.1) is 22.7 Å². The summed E-state index contributed by atoms with van der Waals surface area (Å²) in [6.07, 6.45) is 0. The molecule has 0 saturated carbocycles. The molecular weight excluding hydrogens is 603 g/mol. The topological polar surface area (TPSA) is 43.9 Å². The van der Waals surface area contributed by atoms with Crippen LogP contribution in [-0.4, -0.2) is 14.5 Å². The van der Waals surface area contributed by atoms with E-state index in [2.05, 4.69) is 132 Å². The highest BCUT2D eigenvalue weighted by atomic mass is 32.1. The molecular formula is C40H21N3OS2. The Bertz CT molecular complexity index is 3000. The van der Waals surface area contributed by atoms with Crippen LogP contribution in [0.15, 0.2) is 132 Å². The summed E-state index contributed by atoms with van der Waals surface area (Å²) in [5.74, 6) is 0.598. The number of fused-ring (bicyclic) bond motifs is 13. The van der Waals surface area contributed by atoms with Crippen LogP contribution in [0.25, 0.3) is 101 Å². The van der Waals surface area contributed by atoms with Gasteiger partial charge in [-0.2, -0.15) is 4.98 Å². The maximum absolute atomic E-state index is 6.84. The van der Waals surface area contributed by atoms with Crippen LogP contribution in [0.5, 0.6) is 0 Å². The zero-order chi connectivity index (χ0) is 29.9. The third kappa shape index (κ3) is 3.27. The predicted octanol–water partition coefficient (Wildman–Crippen LogP) is 11.9. The number of aromatic nitrogens is 3. The lowest BCUT2D eigenvalue weighted by Gasteiger charge is -2.10. The van der Waals surface area contributed by atoms with E-state index < -0.39 is 0 Å². The van der Waals surface area contributed by atoms with Gasteiger partial charge in [-0.05, 0) is 48.5 Å². The quantitative estimate of drug-likeness (QED) is 0.192. The van der Waals surface area contributed by atoms with Crippen molar-refractivity contribution in [2.24, 2.45) is 0 Å². The zero-order valence-electron chi connectivity index (χ0n) is 24.2. The first kappa shape index (κ1) is 24.7. The first-order chi connectivity index (χ1) is 22.8. The lowest BCUT2D eigenvalue weighted by atomic mass is 10.0. The highest BCUT2D eigenvalue weighted by Crippen LogP contribution is 2.45. The highest BCUT2D eigenvalue weighted by Gasteiger charge is 2.23. The van der Waals surface area contributed by atoms with Gasteiger partial charge in [-0.1, -0.05) is 78.9 Å². The van der Waals surface area contributed by atoms with Gasteiger partial charge in [0.2, 0.25) is 11.7 Å². The number of thiophene rings is 2. The van der Waals surface area contributed by atoms with Gasteiger partial charge >= 0.3 is 0 Å². The Morgan fingerprint density at radius 1 is 0.478 bits per heavy atom. The van der Waals surface area contributed by atoms with Crippen molar-refractivity contribution < 1.29 is 4.42 Å². The van der Waals surface area contributed by atoms with Crippen LogP contribution >= 0.6 is 22.7 Å². The largest absolute Gasteiger partial charge is 0.437 e. The van der Waals surface area contributed by atoms with Crippen LogP contribution in [0.1, 0.15) is 0 Å². The summed E-state index contributed by atoms with van der Waals surface area (Å²) < 4.78 is 14.0. The number of para-hydroxylation sites is 2. The minimum Gasteiger partial charge on any atom is -0.437 e. The molecule has 0 bridgehead atoms. The van der Waals surface area contributed by atoms with E-state index in [9.17, 15) is 0 Å². The number of hydrogen-bond acceptors (Lipinski definition) is 5. The molecule has 5 heterocycles. The Hall–Kier alpha value is -5.56. The van der Waals surface area contributed by atoms with Crippen LogP contribution in [0, 0.1) is 0 Å². The molecule has 0 atom stereocenters. The Balaban J connectivity index is 1.30. The molecule has 6 heteroatoms. The van der Waals surface area contributed by atoms with Gasteiger partial charge in [0.1, 0.15) is 5.58 Å². The van der Waals surface area contributed by atoms with Crippen molar-refractivity contribution in [3.63, 3.8) is 0 Å². The fourth-order valence-corrected chi connectivity index (χ4v) is 9.44. The molecule has 0 unspecified atom stereocenters. The molecule has 0 spiro atoms. The summed E-state index contributed by atoms with van der Waals surface area (Å²) in [6.45, 7) is 0. The summed E-state index contributed by atoms with van der Waals surface area (Å²) in [4.78, 5) is 10.6. The van der Waals surface area contributed by atoms with E-state index in [0.29, 0.717) is 11.7 Å². The molecule has 5 aromatic heterocycles. The molecule has 46 heavy (non-hydrogen) atoms. The van der Waals surface area contributed by atoms with Gasteiger partial charge in [-0.25, -0.2) is 4.98 Å². The molecule has 6 aromatic carbocycles. The predicted molar refractivity (Wildman–Crippen MR) is 195 cm³/mol. The van der Waals surface area contributed by atoms with Crippen LogP contribution in [-0.2, 0) is 0 Å². The zero-order valence-corrected chi connectivity index (χ0v) is 25.8. The van der Waals surface area contributed by atoms with E-state index in [-0.39, 0.29) is 0 Å². The molecule has 0 saturated heterocycles. The summed E-state index contributed by atoms with van der Waals surface area (Å²) in [5, 5.41) is 9.16. The normalized spacial score (nSPS) is 12.3. The number of benzene rings is 6. The first-order valence-electron chi connectivity index (χ1n) is 15.2. The fourth-order valence-electron chi connectivity index (χ4n) is 7.25. The second kappa shape index (κ2) is 9.01. The van der Waals surface area contributed by atoms with Crippen LogP contribution in [0.4, 0.5) is 0 Å². The maximum atomic E-state index is 6.84. The van der Waals surface area contributed by atoms with Crippen molar-refractivity contribution >= 4 is 107 Å². The summed E-state index contributed by atoms with van der Waals surface area (Å²) >= 11 is 3.62. The second-order valence-corrected chi connectivity index (χ2v) is 13.9. The van der Waals surface area contributed by atoms with E-state index >= 15 is 0 Å². The number of hydrogen-bond donors (Lipinski definition) is 0. The SMILES string of the molecule is c1ccc2c(c1)sc1ccc(-c3nc(-n4c5ccccc5c5ccccc54)nc4oc5c(ccc6sc7ccccc7c65)c34)cc12. The standard InChI is InChI=1S/C40H21N3OS2/c1-5-13-29-23(9-1)24-10-2-6-14-30(24)43(29)40-41-37(22-17-19-33-28(21-22)25-11-3-7-15-31(25)45-33)36-27-18-20-34-35(38(27)44-39(36)42-40)26-12-4-8-16-32(26)46-34/h1-21H. The minimum absolute atomic E-state index is 0.593. The molecule has 0 amide bonds.